The van der Waals surface area contributed by atoms with Crippen LogP contribution in [-0.4, -0.2) is 39.5 Å². The van der Waals surface area contributed by atoms with E-state index in [1.807, 2.05) is 29.0 Å². The van der Waals surface area contributed by atoms with Gasteiger partial charge in [-0.1, -0.05) is 18.2 Å². The zero-order valence-corrected chi connectivity index (χ0v) is 11.6. The molecule has 2 heterocycles. The Kier molecular flexibility index (Phi) is 4.23. The van der Waals surface area contributed by atoms with Gasteiger partial charge >= 0.3 is 0 Å². The molecule has 0 saturated carbocycles. The maximum Gasteiger partial charge on any atom is 0.140 e. The first-order valence-corrected chi connectivity index (χ1v) is 6.93. The van der Waals surface area contributed by atoms with Gasteiger partial charge in [-0.15, -0.1) is 0 Å². The molecule has 2 aromatic heterocycles. The molecule has 0 radical (unpaired) electrons. The Labute approximate surface area is 122 Å². The summed E-state index contributed by atoms with van der Waals surface area (Å²) < 4.78 is 7.35. The summed E-state index contributed by atoms with van der Waals surface area (Å²) in [5.74, 6) is 0.898. The maximum atomic E-state index is 8.71. The van der Waals surface area contributed by atoms with E-state index in [1.165, 1.54) is 0 Å². The minimum atomic E-state index is 0.0487. The lowest BCUT2D eigenvalue weighted by Crippen LogP contribution is -2.08. The Balaban J connectivity index is 1.83. The Bertz CT molecular complexity index is 724. The molecule has 5 heteroatoms. The average Bonchev–Trinajstić information content (AvgIpc) is 2.99. The van der Waals surface area contributed by atoms with E-state index in [-0.39, 0.29) is 6.61 Å². The molecule has 21 heavy (non-hydrogen) atoms. The van der Waals surface area contributed by atoms with Gasteiger partial charge in [0.25, 0.3) is 0 Å². The van der Waals surface area contributed by atoms with Crippen LogP contribution in [0.15, 0.2) is 48.9 Å². The highest BCUT2D eigenvalue weighted by atomic mass is 16.5. The number of fused-ring (bicyclic) bond motifs is 1. The molecule has 3 rings (SSSR count). The summed E-state index contributed by atoms with van der Waals surface area (Å²) in [5, 5.41) is 9.82. The summed E-state index contributed by atoms with van der Waals surface area (Å²) in [6.45, 7) is 1.67. The first-order valence-electron chi connectivity index (χ1n) is 6.93. The predicted molar refractivity (Wildman–Crippen MR) is 80.9 cm³/mol. The van der Waals surface area contributed by atoms with Crippen LogP contribution in [0.1, 0.15) is 0 Å². The molecule has 0 aliphatic rings. The fourth-order valence-corrected chi connectivity index (χ4v) is 2.29. The number of rotatable bonds is 6. The SMILES string of the molecule is OCCOCCn1ccnc1-c1ccc2cccnc2c1. The molecule has 0 bridgehead atoms. The first-order chi connectivity index (χ1) is 10.4. The molecule has 0 aliphatic heterocycles. The van der Waals surface area contributed by atoms with Crippen LogP contribution < -0.4 is 0 Å². The summed E-state index contributed by atoms with van der Waals surface area (Å²) in [5.41, 5.74) is 1.99. The zero-order chi connectivity index (χ0) is 14.5. The van der Waals surface area contributed by atoms with Crippen molar-refractivity contribution in [2.45, 2.75) is 6.54 Å². The number of ether oxygens (including phenoxy) is 1. The van der Waals surface area contributed by atoms with Crippen molar-refractivity contribution >= 4 is 10.9 Å². The Morgan fingerprint density at radius 3 is 2.95 bits per heavy atom. The van der Waals surface area contributed by atoms with Crippen LogP contribution in [0.4, 0.5) is 0 Å². The van der Waals surface area contributed by atoms with E-state index < -0.39 is 0 Å². The van der Waals surface area contributed by atoms with Crippen LogP contribution in [0.2, 0.25) is 0 Å². The highest BCUT2D eigenvalue weighted by Gasteiger charge is 2.07. The Morgan fingerprint density at radius 1 is 1.10 bits per heavy atom. The molecule has 1 aromatic carbocycles. The van der Waals surface area contributed by atoms with Crippen molar-refractivity contribution in [2.24, 2.45) is 0 Å². The molecule has 0 aliphatic carbocycles. The van der Waals surface area contributed by atoms with Crippen molar-refractivity contribution in [1.29, 1.82) is 0 Å². The number of imidazole rings is 1. The quantitative estimate of drug-likeness (QED) is 0.704. The predicted octanol–water partition coefficient (Wildman–Crippen LogP) is 2.11. The lowest BCUT2D eigenvalue weighted by molar-refractivity contribution is 0.0872. The van der Waals surface area contributed by atoms with Gasteiger partial charge in [0, 0.05) is 36.1 Å². The van der Waals surface area contributed by atoms with Crippen LogP contribution in [0, 0.1) is 0 Å². The highest BCUT2D eigenvalue weighted by molar-refractivity contribution is 5.82. The normalized spacial score (nSPS) is 11.1. The van der Waals surface area contributed by atoms with Gasteiger partial charge in [-0.3, -0.25) is 4.98 Å². The van der Waals surface area contributed by atoms with Crippen LogP contribution in [0.25, 0.3) is 22.3 Å². The smallest absolute Gasteiger partial charge is 0.140 e. The molecular formula is C16H17N3O2. The second-order valence-corrected chi connectivity index (χ2v) is 4.69. The number of hydrogen-bond acceptors (Lipinski definition) is 4. The fraction of sp³-hybridized carbons (Fsp3) is 0.250. The van der Waals surface area contributed by atoms with Crippen LogP contribution in [0.5, 0.6) is 0 Å². The summed E-state index contributed by atoms with van der Waals surface area (Å²) in [4.78, 5) is 8.80. The van der Waals surface area contributed by atoms with E-state index >= 15 is 0 Å². The Morgan fingerprint density at radius 2 is 2.05 bits per heavy atom. The van der Waals surface area contributed by atoms with Crippen molar-refractivity contribution < 1.29 is 9.84 Å². The lowest BCUT2D eigenvalue weighted by Gasteiger charge is -2.09. The molecule has 1 N–H and O–H groups in total. The summed E-state index contributed by atoms with van der Waals surface area (Å²) in [6.07, 6.45) is 5.51. The molecule has 108 valence electrons. The molecule has 0 atom stereocenters. The van der Waals surface area contributed by atoms with Crippen molar-refractivity contribution in [1.82, 2.24) is 14.5 Å². The molecule has 0 unspecified atom stereocenters. The number of aliphatic hydroxyl groups excluding tert-OH is 1. The largest absolute Gasteiger partial charge is 0.394 e. The van der Waals surface area contributed by atoms with Gasteiger partial charge in [-0.25, -0.2) is 4.98 Å². The number of benzene rings is 1. The number of aromatic nitrogens is 3. The number of hydrogen-bond donors (Lipinski definition) is 1. The van der Waals surface area contributed by atoms with Crippen LogP contribution in [0.3, 0.4) is 0 Å². The van der Waals surface area contributed by atoms with Crippen molar-refractivity contribution in [3.05, 3.63) is 48.9 Å². The van der Waals surface area contributed by atoms with E-state index in [2.05, 4.69) is 22.1 Å². The van der Waals surface area contributed by atoms with Crippen molar-refractivity contribution in [3.8, 4) is 11.4 Å². The van der Waals surface area contributed by atoms with Gasteiger partial charge in [0.15, 0.2) is 0 Å². The fourth-order valence-electron chi connectivity index (χ4n) is 2.29. The molecule has 5 nitrogen and oxygen atoms in total. The van der Waals surface area contributed by atoms with E-state index in [4.69, 9.17) is 9.84 Å². The number of aliphatic hydroxyl groups is 1. The zero-order valence-electron chi connectivity index (χ0n) is 11.6. The van der Waals surface area contributed by atoms with Crippen LogP contribution >= 0.6 is 0 Å². The molecule has 0 fully saturated rings. The Hall–Kier alpha value is -2.24. The topological polar surface area (TPSA) is 60.2 Å². The van der Waals surface area contributed by atoms with Gasteiger partial charge in [0.05, 0.1) is 25.3 Å². The van der Waals surface area contributed by atoms with Gasteiger partial charge in [0.2, 0.25) is 0 Å². The first kappa shape index (κ1) is 13.7. The van der Waals surface area contributed by atoms with Crippen molar-refractivity contribution in [3.63, 3.8) is 0 Å². The van der Waals surface area contributed by atoms with Gasteiger partial charge < -0.3 is 14.4 Å². The van der Waals surface area contributed by atoms with E-state index in [1.54, 1.807) is 12.4 Å². The van der Waals surface area contributed by atoms with Crippen LogP contribution in [-0.2, 0) is 11.3 Å². The standard InChI is InChI=1S/C16H17N3O2/c20-9-11-21-10-8-19-7-6-18-16(19)14-4-3-13-2-1-5-17-15(13)12-14/h1-7,12,20H,8-11H2. The second kappa shape index (κ2) is 6.47. The van der Waals surface area contributed by atoms with Crippen molar-refractivity contribution in [2.75, 3.05) is 19.8 Å². The molecular weight excluding hydrogens is 266 g/mol. The monoisotopic (exact) mass is 283 g/mol. The molecule has 0 spiro atoms. The number of nitrogens with zero attached hydrogens (tertiary/aromatic N) is 3. The van der Waals surface area contributed by atoms with Gasteiger partial charge in [0.1, 0.15) is 5.82 Å². The molecule has 0 saturated heterocycles. The maximum absolute atomic E-state index is 8.71. The molecule has 3 aromatic rings. The third-order valence-electron chi connectivity index (χ3n) is 3.29. The third kappa shape index (κ3) is 3.09. The molecule has 0 amide bonds. The van der Waals surface area contributed by atoms with E-state index in [0.29, 0.717) is 19.8 Å². The van der Waals surface area contributed by atoms with E-state index in [9.17, 15) is 0 Å². The van der Waals surface area contributed by atoms with E-state index in [0.717, 1.165) is 22.3 Å². The minimum absolute atomic E-state index is 0.0487. The second-order valence-electron chi connectivity index (χ2n) is 4.69. The highest BCUT2D eigenvalue weighted by Crippen LogP contribution is 2.22. The van der Waals surface area contributed by atoms with Gasteiger partial charge in [-0.2, -0.15) is 0 Å². The van der Waals surface area contributed by atoms with Gasteiger partial charge in [-0.05, 0) is 12.1 Å². The summed E-state index contributed by atoms with van der Waals surface area (Å²) >= 11 is 0. The summed E-state index contributed by atoms with van der Waals surface area (Å²) in [7, 11) is 0. The minimum Gasteiger partial charge on any atom is -0.394 e. The number of pyridine rings is 1. The average molecular weight is 283 g/mol. The lowest BCUT2D eigenvalue weighted by atomic mass is 10.1. The third-order valence-corrected chi connectivity index (χ3v) is 3.29. The summed E-state index contributed by atoms with van der Waals surface area (Å²) in [6, 6.07) is 10.1.